The van der Waals surface area contributed by atoms with E-state index in [-0.39, 0.29) is 5.56 Å². The zero-order valence-corrected chi connectivity index (χ0v) is 9.89. The molecule has 0 aromatic heterocycles. The van der Waals surface area contributed by atoms with Gasteiger partial charge in [0.15, 0.2) is 0 Å². The van der Waals surface area contributed by atoms with Gasteiger partial charge in [0, 0.05) is 7.11 Å². The summed E-state index contributed by atoms with van der Waals surface area (Å²) >= 11 is 0. The topological polar surface area (TPSA) is 9.23 Å². The Morgan fingerprint density at radius 2 is 1.50 bits per heavy atom. The molecule has 0 fully saturated rings. The molecule has 1 unspecified atom stereocenters. The molecule has 0 saturated carbocycles. The summed E-state index contributed by atoms with van der Waals surface area (Å²) in [5, 5.41) is 0. The maximum atomic E-state index is 13.1. The molecule has 0 aliphatic rings. The third-order valence-corrected chi connectivity index (χ3v) is 2.81. The molecule has 1 aromatic carbocycles. The Balaban J connectivity index is 3.05. The van der Waals surface area contributed by atoms with Crippen LogP contribution in [0, 0.1) is 0 Å². The molecule has 1 rings (SSSR count). The molecule has 18 heavy (non-hydrogen) atoms. The fourth-order valence-electron chi connectivity index (χ4n) is 1.61. The van der Waals surface area contributed by atoms with Crippen LogP contribution in [0.5, 0.6) is 0 Å². The molecule has 0 aliphatic carbocycles. The molecule has 0 bridgehead atoms. The zero-order valence-electron chi connectivity index (χ0n) is 9.89. The first kappa shape index (κ1) is 14.9. The van der Waals surface area contributed by atoms with Gasteiger partial charge in [-0.25, -0.2) is 0 Å². The van der Waals surface area contributed by atoms with Crippen LogP contribution in [0.4, 0.5) is 22.0 Å². The Hall–Kier alpha value is -1.17. The summed E-state index contributed by atoms with van der Waals surface area (Å²) in [6.45, 7) is 1.21. The van der Waals surface area contributed by atoms with Crippen molar-refractivity contribution in [1.82, 2.24) is 0 Å². The van der Waals surface area contributed by atoms with Gasteiger partial charge in [0.2, 0.25) is 0 Å². The summed E-state index contributed by atoms with van der Waals surface area (Å²) in [6, 6.07) is 7.66. The van der Waals surface area contributed by atoms with Gasteiger partial charge < -0.3 is 4.74 Å². The lowest BCUT2D eigenvalue weighted by Gasteiger charge is -2.33. The minimum atomic E-state index is -5.58. The van der Waals surface area contributed by atoms with E-state index in [1.54, 1.807) is 18.2 Å². The molecule has 0 saturated heterocycles. The monoisotopic (exact) mass is 268 g/mol. The number of alkyl halides is 5. The number of benzene rings is 1. The summed E-state index contributed by atoms with van der Waals surface area (Å²) < 4.78 is 67.7. The van der Waals surface area contributed by atoms with Crippen molar-refractivity contribution in [3.05, 3.63) is 35.9 Å². The molecule has 1 atom stereocenters. The van der Waals surface area contributed by atoms with Gasteiger partial charge in [0.05, 0.1) is 12.0 Å². The molecule has 0 heterocycles. The fraction of sp³-hybridized carbons (Fsp3) is 0.500. The summed E-state index contributed by atoms with van der Waals surface area (Å²) in [7, 11) is 1.11. The Labute approximate surface area is 102 Å². The Morgan fingerprint density at radius 1 is 1.00 bits per heavy atom. The molecule has 0 aliphatic heterocycles. The van der Waals surface area contributed by atoms with Crippen LogP contribution in [-0.2, 0) is 10.3 Å². The molecule has 0 radical (unpaired) electrons. The highest BCUT2D eigenvalue weighted by Gasteiger charge is 2.60. The maximum absolute atomic E-state index is 13.1. The molecule has 1 aromatic rings. The fourth-order valence-corrected chi connectivity index (χ4v) is 1.61. The lowest BCUT2D eigenvalue weighted by atomic mass is 9.89. The summed E-state index contributed by atoms with van der Waals surface area (Å²) in [6.07, 6.45) is -7.04. The van der Waals surface area contributed by atoms with Crippen molar-refractivity contribution in [3.8, 4) is 0 Å². The second kappa shape index (κ2) is 4.84. The third kappa shape index (κ3) is 2.98. The summed E-state index contributed by atoms with van der Waals surface area (Å²) in [5.74, 6) is -4.80. The average Bonchev–Trinajstić information content (AvgIpc) is 2.28. The number of rotatable bonds is 4. The second-order valence-electron chi connectivity index (χ2n) is 4.18. The largest absolute Gasteiger partial charge is 0.453 e. The van der Waals surface area contributed by atoms with Crippen LogP contribution in [0.1, 0.15) is 18.9 Å². The molecular formula is C12H13F5O. The smallest absolute Gasteiger partial charge is 0.374 e. The van der Waals surface area contributed by atoms with E-state index in [9.17, 15) is 22.0 Å². The van der Waals surface area contributed by atoms with Crippen molar-refractivity contribution >= 4 is 0 Å². The molecular weight excluding hydrogens is 255 g/mol. The van der Waals surface area contributed by atoms with Crippen molar-refractivity contribution < 1.29 is 26.7 Å². The van der Waals surface area contributed by atoms with Crippen molar-refractivity contribution in [2.24, 2.45) is 0 Å². The van der Waals surface area contributed by atoms with Crippen molar-refractivity contribution in [3.63, 3.8) is 0 Å². The number of ether oxygens (including phenoxy) is 1. The molecule has 6 heteroatoms. The molecule has 0 spiro atoms. The van der Waals surface area contributed by atoms with Crippen LogP contribution in [0.25, 0.3) is 0 Å². The van der Waals surface area contributed by atoms with Gasteiger partial charge in [-0.05, 0) is 12.5 Å². The molecule has 0 amide bonds. The van der Waals surface area contributed by atoms with Crippen LogP contribution < -0.4 is 0 Å². The molecule has 0 N–H and O–H groups in total. The van der Waals surface area contributed by atoms with E-state index in [0.29, 0.717) is 0 Å². The molecule has 1 nitrogen and oxygen atoms in total. The van der Waals surface area contributed by atoms with Crippen LogP contribution in [-0.4, -0.2) is 19.2 Å². The van der Waals surface area contributed by atoms with Crippen LogP contribution in [0.2, 0.25) is 0 Å². The predicted octanol–water partition coefficient (Wildman–Crippen LogP) is 4.14. The summed E-state index contributed by atoms with van der Waals surface area (Å²) in [4.78, 5) is 0. The van der Waals surface area contributed by atoms with Crippen molar-refractivity contribution in [2.75, 3.05) is 7.11 Å². The van der Waals surface area contributed by atoms with Crippen molar-refractivity contribution in [1.29, 1.82) is 0 Å². The Morgan fingerprint density at radius 3 is 1.89 bits per heavy atom. The predicted molar refractivity (Wildman–Crippen MR) is 56.4 cm³/mol. The SMILES string of the molecule is COC(C)(CC(F)(F)C(F)(F)F)c1ccccc1. The van der Waals surface area contributed by atoms with Crippen LogP contribution in [0.15, 0.2) is 30.3 Å². The van der Waals surface area contributed by atoms with Crippen molar-refractivity contribution in [2.45, 2.75) is 31.0 Å². The first-order valence-corrected chi connectivity index (χ1v) is 5.18. The van der Waals surface area contributed by atoms with E-state index in [1.165, 1.54) is 19.1 Å². The van der Waals surface area contributed by atoms with Gasteiger partial charge in [-0.2, -0.15) is 22.0 Å². The number of methoxy groups -OCH3 is 1. The van der Waals surface area contributed by atoms with Gasteiger partial charge in [-0.1, -0.05) is 30.3 Å². The lowest BCUT2D eigenvalue weighted by Crippen LogP contribution is -2.43. The summed E-state index contributed by atoms with van der Waals surface area (Å²) in [5.41, 5.74) is -1.42. The minimum absolute atomic E-state index is 0.274. The van der Waals surface area contributed by atoms with Gasteiger partial charge in [-0.3, -0.25) is 0 Å². The van der Waals surface area contributed by atoms with E-state index >= 15 is 0 Å². The van der Waals surface area contributed by atoms with Crippen LogP contribution in [0.3, 0.4) is 0 Å². The van der Waals surface area contributed by atoms with E-state index < -0.39 is 24.1 Å². The van der Waals surface area contributed by atoms with E-state index in [0.717, 1.165) is 7.11 Å². The standard InChI is InChI=1S/C12H13F5O/c1-10(18-2,9-6-4-3-5-7-9)8-11(13,14)12(15,16)17/h3-7H,8H2,1-2H3. The van der Waals surface area contributed by atoms with Gasteiger partial charge in [0.25, 0.3) is 0 Å². The van der Waals surface area contributed by atoms with E-state index in [4.69, 9.17) is 4.74 Å². The number of halogens is 5. The molecule has 102 valence electrons. The first-order chi connectivity index (χ1) is 8.12. The Kier molecular flexibility index (Phi) is 4.00. The Bertz CT molecular complexity index is 387. The van der Waals surface area contributed by atoms with Gasteiger partial charge >= 0.3 is 12.1 Å². The average molecular weight is 268 g/mol. The zero-order chi connectivity index (χ0) is 14.0. The number of hydrogen-bond acceptors (Lipinski definition) is 1. The highest BCUT2D eigenvalue weighted by Crippen LogP contribution is 2.44. The van der Waals surface area contributed by atoms with E-state index in [2.05, 4.69) is 0 Å². The third-order valence-electron chi connectivity index (χ3n) is 2.81. The second-order valence-corrected chi connectivity index (χ2v) is 4.18. The maximum Gasteiger partial charge on any atom is 0.453 e. The van der Waals surface area contributed by atoms with Crippen LogP contribution >= 0.6 is 0 Å². The van der Waals surface area contributed by atoms with Gasteiger partial charge in [0.1, 0.15) is 0 Å². The highest BCUT2D eigenvalue weighted by molar-refractivity contribution is 5.22. The van der Waals surface area contributed by atoms with Gasteiger partial charge in [-0.15, -0.1) is 0 Å². The quantitative estimate of drug-likeness (QED) is 0.746. The first-order valence-electron chi connectivity index (χ1n) is 5.18. The number of hydrogen-bond donors (Lipinski definition) is 0. The minimum Gasteiger partial charge on any atom is -0.374 e. The highest BCUT2D eigenvalue weighted by atomic mass is 19.4. The van der Waals surface area contributed by atoms with E-state index in [1.807, 2.05) is 0 Å². The lowest BCUT2D eigenvalue weighted by molar-refractivity contribution is -0.298. The normalized spacial score (nSPS) is 16.4.